The Balaban J connectivity index is 2.82. The van der Waals surface area contributed by atoms with Gasteiger partial charge in [0.2, 0.25) is 0 Å². The Labute approximate surface area is 52.1 Å². The van der Waals surface area contributed by atoms with Crippen molar-refractivity contribution in [2.75, 3.05) is 0 Å². The first-order valence-electron chi connectivity index (χ1n) is 2.49. The molecule has 0 amide bonds. The van der Waals surface area contributed by atoms with Crippen molar-refractivity contribution in [1.82, 2.24) is 0 Å². The van der Waals surface area contributed by atoms with Gasteiger partial charge in [-0.25, -0.2) is 0 Å². The van der Waals surface area contributed by atoms with Gasteiger partial charge in [-0.3, -0.25) is 0 Å². The van der Waals surface area contributed by atoms with Gasteiger partial charge in [-0.2, -0.15) is 0 Å². The molecule has 1 N–H and O–H groups in total. The van der Waals surface area contributed by atoms with Crippen LogP contribution in [-0.4, -0.2) is 28.8 Å². The monoisotopic (exact) mass is 94.1 g/mol. The molecule has 0 aliphatic rings. The Morgan fingerprint density at radius 2 is 2.29 bits per heavy atom. The Morgan fingerprint density at radius 3 is 2.43 bits per heavy atom. The minimum absolute atomic E-state index is 0.316. The molecule has 0 aromatic carbocycles. The summed E-state index contributed by atoms with van der Waals surface area (Å²) >= 11 is 1.98. The van der Waals surface area contributed by atoms with Crippen molar-refractivity contribution in [3.05, 3.63) is 0 Å². The van der Waals surface area contributed by atoms with Crippen molar-refractivity contribution in [3.63, 3.8) is 0 Å². The number of carboxylic acids is 1. The van der Waals surface area contributed by atoms with Crippen LogP contribution in [0, 0.1) is 0 Å². The van der Waals surface area contributed by atoms with Crippen molar-refractivity contribution < 1.29 is 9.90 Å². The van der Waals surface area contributed by atoms with Crippen LogP contribution in [0.25, 0.3) is 0 Å². The van der Waals surface area contributed by atoms with E-state index in [2.05, 4.69) is 0 Å². The van der Waals surface area contributed by atoms with Gasteiger partial charge in [0.05, 0.1) is 0 Å². The van der Waals surface area contributed by atoms with Crippen molar-refractivity contribution in [2.45, 2.75) is 17.9 Å². The summed E-state index contributed by atoms with van der Waals surface area (Å²) in [6, 6.07) is 0. The molecule has 0 rings (SSSR count). The molecule has 0 saturated carbocycles. The predicted molar refractivity (Wildman–Crippen MR) is 27.4 cm³/mol. The zero-order valence-electron chi connectivity index (χ0n) is 4.48. The molecule has 0 aliphatic carbocycles. The topological polar surface area (TPSA) is 37.3 Å². The fourth-order valence-corrected chi connectivity index (χ4v) is 0.328. The van der Waals surface area contributed by atoms with E-state index >= 15 is 0 Å². The van der Waals surface area contributed by atoms with Gasteiger partial charge in [0.15, 0.2) is 0 Å². The normalized spacial score (nSPS) is 8.86. The Morgan fingerprint density at radius 1 is 1.71 bits per heavy atom. The zero-order chi connectivity index (χ0) is 5.70. The second kappa shape index (κ2) is 4.23. The predicted octanol–water partition coefficient (Wildman–Crippen LogP) is 0.438. The Kier molecular flexibility index (Phi) is 4.27. The second-order valence-electron chi connectivity index (χ2n) is 1.50. The molecule has 2 nitrogen and oxygen atoms in total. The molecule has 3 heteroatoms. The number of hydrogen-bond donors (Lipinski definition) is 1. The van der Waals surface area contributed by atoms with Crippen molar-refractivity contribution in [1.29, 1.82) is 0 Å². The average Bonchev–Trinajstić information content (AvgIpc) is 1.61. The molecule has 0 aromatic heterocycles. The van der Waals surface area contributed by atoms with Gasteiger partial charge in [-0.15, -0.1) is 0 Å². The minimum atomic E-state index is -0.693. The quantitative estimate of drug-likeness (QED) is 0.515. The van der Waals surface area contributed by atoms with E-state index in [1.165, 1.54) is 0 Å². The molecule has 0 fully saturated rings. The third-order valence-electron chi connectivity index (χ3n) is 0.744. The number of rotatable bonds is 3. The van der Waals surface area contributed by atoms with Crippen LogP contribution in [-0.2, 0) is 4.79 Å². The average molecular weight is 94.0 g/mol. The molecule has 0 saturated heterocycles. The molecule has 0 radical (unpaired) electrons. The summed E-state index contributed by atoms with van der Waals surface area (Å²) in [7, 11) is 0. The van der Waals surface area contributed by atoms with Gasteiger partial charge in [0, 0.05) is 0 Å². The number of carbonyl (C=O) groups is 1. The van der Waals surface area contributed by atoms with Crippen LogP contribution in [0.4, 0.5) is 0 Å². The van der Waals surface area contributed by atoms with E-state index in [0.29, 0.717) is 6.42 Å². The first-order chi connectivity index (χ1) is 3.27. The van der Waals surface area contributed by atoms with E-state index in [1.54, 1.807) is 0 Å². The summed E-state index contributed by atoms with van der Waals surface area (Å²) in [6.07, 6.45) is 1.12. The summed E-state index contributed by atoms with van der Waals surface area (Å²) in [4.78, 5) is 9.76. The van der Waals surface area contributed by atoms with Crippen LogP contribution in [0.1, 0.15) is 12.8 Å². The summed E-state index contributed by atoms with van der Waals surface area (Å²) in [5.74, 6) is -0.693. The first-order valence-corrected chi connectivity index (χ1v) is 2.49. The van der Waals surface area contributed by atoms with E-state index < -0.39 is 5.97 Å². The van der Waals surface area contributed by atoms with Gasteiger partial charge in [0.1, 0.15) is 0 Å². The maximum absolute atomic E-state index is 9.76. The number of hydrogen-bond acceptors (Lipinski definition) is 1. The molecule has 36 valence electrons. The fraction of sp³-hybridized carbons (Fsp3) is 0.750. The van der Waals surface area contributed by atoms with Gasteiger partial charge in [-0.05, 0) is 0 Å². The van der Waals surface area contributed by atoms with Crippen molar-refractivity contribution >= 4 is 23.7 Å². The molecular weight excluding hydrogens is 87.0 g/mol. The third kappa shape index (κ3) is 6.07. The van der Waals surface area contributed by atoms with Gasteiger partial charge in [0.25, 0.3) is 0 Å². The number of carboxylic acid groups (broad SMARTS) is 1. The van der Waals surface area contributed by atoms with Crippen LogP contribution >= 0.6 is 0 Å². The van der Waals surface area contributed by atoms with Gasteiger partial charge >= 0.3 is 51.5 Å². The molecule has 0 unspecified atom stereocenters. The van der Waals surface area contributed by atoms with Crippen LogP contribution < -0.4 is 0 Å². The SMILES string of the molecule is [Li][CH2]CCC(=O)O. The standard InChI is InChI=1S/C4H7O2.Li/c1-2-3-4(5)6;/h1-3H2,(H,5,6);. The third-order valence-corrected chi connectivity index (χ3v) is 0.744. The summed E-state index contributed by atoms with van der Waals surface area (Å²) in [5, 5.41) is 9.01. The Hall–Kier alpha value is 0.0674. The van der Waals surface area contributed by atoms with Gasteiger partial charge < -0.3 is 0 Å². The zero-order valence-corrected chi connectivity index (χ0v) is 4.48. The molecular formula is C4H7LiO2. The molecule has 0 heterocycles. The fourth-order valence-electron chi connectivity index (χ4n) is 0.328. The van der Waals surface area contributed by atoms with Crippen LogP contribution in [0.3, 0.4) is 0 Å². The number of aliphatic carboxylic acids is 1. The summed E-state index contributed by atoms with van der Waals surface area (Å²) in [6.45, 7) is 0. The Bertz CT molecular complexity index is 62.7. The van der Waals surface area contributed by atoms with E-state index in [1.807, 2.05) is 17.7 Å². The summed E-state index contributed by atoms with van der Waals surface area (Å²) < 4.78 is 0. The van der Waals surface area contributed by atoms with Crippen molar-refractivity contribution in [2.24, 2.45) is 0 Å². The van der Waals surface area contributed by atoms with E-state index in [9.17, 15) is 4.79 Å². The van der Waals surface area contributed by atoms with Crippen LogP contribution in [0.5, 0.6) is 0 Å². The van der Waals surface area contributed by atoms with Gasteiger partial charge in [-0.1, -0.05) is 0 Å². The second-order valence-corrected chi connectivity index (χ2v) is 1.50. The van der Waals surface area contributed by atoms with E-state index in [-0.39, 0.29) is 0 Å². The summed E-state index contributed by atoms with van der Waals surface area (Å²) in [5.41, 5.74) is 0. The molecule has 0 bridgehead atoms. The van der Waals surface area contributed by atoms with E-state index in [4.69, 9.17) is 5.11 Å². The first kappa shape index (κ1) is 7.07. The van der Waals surface area contributed by atoms with Crippen LogP contribution in [0.2, 0.25) is 5.09 Å². The maximum atomic E-state index is 9.76. The molecule has 0 aromatic rings. The van der Waals surface area contributed by atoms with Crippen molar-refractivity contribution in [3.8, 4) is 0 Å². The molecule has 7 heavy (non-hydrogen) atoms. The van der Waals surface area contributed by atoms with E-state index in [0.717, 1.165) is 11.5 Å². The molecule has 0 aliphatic heterocycles. The van der Waals surface area contributed by atoms with Crippen LogP contribution in [0.15, 0.2) is 0 Å². The molecule has 0 atom stereocenters. The molecule has 0 spiro atoms.